The van der Waals surface area contributed by atoms with Crippen LogP contribution in [0, 0.1) is 0 Å². The maximum absolute atomic E-state index is 11.7. The van der Waals surface area contributed by atoms with E-state index in [1.807, 2.05) is 13.1 Å². The van der Waals surface area contributed by atoms with Crippen molar-refractivity contribution in [3.8, 4) is 0 Å². The van der Waals surface area contributed by atoms with Gasteiger partial charge in [0.2, 0.25) is 0 Å². The second kappa shape index (κ2) is 18.8. The van der Waals surface area contributed by atoms with Crippen molar-refractivity contribution in [2.45, 2.75) is 0 Å². The van der Waals surface area contributed by atoms with Gasteiger partial charge in [0.1, 0.15) is 6.61 Å². The Morgan fingerprint density at radius 2 is 1.11 bits per heavy atom. The van der Waals surface area contributed by atoms with Gasteiger partial charge in [-0.15, -0.1) is 0 Å². The third kappa shape index (κ3) is 14.5. The Labute approximate surface area is 167 Å². The van der Waals surface area contributed by atoms with Gasteiger partial charge in [-0.3, -0.25) is 0 Å². The molecule has 0 amide bonds. The van der Waals surface area contributed by atoms with Crippen molar-refractivity contribution in [2.75, 3.05) is 86.3 Å². The molecule has 1 aromatic rings. The van der Waals surface area contributed by atoms with Crippen molar-refractivity contribution in [2.24, 2.45) is 0 Å². The minimum absolute atomic E-state index is 0.220. The van der Waals surface area contributed by atoms with Gasteiger partial charge in [0, 0.05) is 6.54 Å². The highest BCUT2D eigenvalue weighted by Crippen LogP contribution is 2.00. The summed E-state index contributed by atoms with van der Waals surface area (Å²) in [5, 5.41) is 3.01. The molecule has 28 heavy (non-hydrogen) atoms. The number of benzene rings is 1. The normalized spacial score (nSPS) is 10.9. The van der Waals surface area contributed by atoms with E-state index in [1.165, 1.54) is 0 Å². The fourth-order valence-electron chi connectivity index (χ4n) is 2.01. The topological polar surface area (TPSA) is 84.5 Å². The first-order valence-electron chi connectivity index (χ1n) is 9.60. The summed E-state index contributed by atoms with van der Waals surface area (Å²) >= 11 is 0. The molecular formula is C20H33NO7. The van der Waals surface area contributed by atoms with E-state index in [-0.39, 0.29) is 12.6 Å². The molecule has 0 aromatic heterocycles. The van der Waals surface area contributed by atoms with E-state index < -0.39 is 0 Å². The molecule has 8 heteroatoms. The molecule has 0 aliphatic rings. The van der Waals surface area contributed by atoms with E-state index in [1.54, 1.807) is 24.3 Å². The van der Waals surface area contributed by atoms with Gasteiger partial charge in [-0.2, -0.15) is 0 Å². The Hall–Kier alpha value is -1.55. The molecule has 0 aliphatic heterocycles. The van der Waals surface area contributed by atoms with Crippen LogP contribution in [-0.4, -0.2) is 92.2 Å². The summed E-state index contributed by atoms with van der Waals surface area (Å²) in [5.41, 5.74) is 0.536. The standard InChI is InChI=1S/C20H33NO7/c1-21-7-8-23-9-10-24-11-12-25-13-14-26-15-16-27-17-18-28-20(22)19-5-3-2-4-6-19/h2-6,21H,7-18H2,1H3. The Bertz CT molecular complexity index is 473. The predicted molar refractivity (Wildman–Crippen MR) is 105 cm³/mol. The maximum atomic E-state index is 11.7. The summed E-state index contributed by atoms with van der Waals surface area (Å²) in [6.07, 6.45) is 0. The van der Waals surface area contributed by atoms with Crippen molar-refractivity contribution in [3.63, 3.8) is 0 Å². The first kappa shape index (κ1) is 24.5. The van der Waals surface area contributed by atoms with Crippen molar-refractivity contribution >= 4 is 5.97 Å². The molecule has 0 spiro atoms. The molecule has 0 unspecified atom stereocenters. The summed E-state index contributed by atoms with van der Waals surface area (Å²) in [5.74, 6) is -0.345. The average molecular weight is 399 g/mol. The lowest BCUT2D eigenvalue weighted by Crippen LogP contribution is -2.17. The van der Waals surface area contributed by atoms with E-state index in [9.17, 15) is 4.79 Å². The van der Waals surface area contributed by atoms with Gasteiger partial charge in [-0.1, -0.05) is 18.2 Å². The Kier molecular flexibility index (Phi) is 16.4. The van der Waals surface area contributed by atoms with Crippen molar-refractivity contribution in [1.29, 1.82) is 0 Å². The molecular weight excluding hydrogens is 366 g/mol. The molecule has 0 aliphatic carbocycles. The van der Waals surface area contributed by atoms with Gasteiger partial charge in [0.05, 0.1) is 71.6 Å². The van der Waals surface area contributed by atoms with Crippen LogP contribution < -0.4 is 5.32 Å². The minimum Gasteiger partial charge on any atom is -0.460 e. The molecule has 0 atom stereocenters. The number of rotatable bonds is 19. The second-order valence-corrected chi connectivity index (χ2v) is 5.67. The van der Waals surface area contributed by atoms with Crippen molar-refractivity contribution in [3.05, 3.63) is 35.9 Å². The van der Waals surface area contributed by atoms with Crippen LogP contribution in [0.1, 0.15) is 10.4 Å². The molecule has 0 saturated carbocycles. The quantitative estimate of drug-likeness (QED) is 0.274. The van der Waals surface area contributed by atoms with Crippen molar-refractivity contribution < 1.29 is 33.2 Å². The van der Waals surface area contributed by atoms with E-state index >= 15 is 0 Å². The van der Waals surface area contributed by atoms with Crippen LogP contribution in [0.5, 0.6) is 0 Å². The van der Waals surface area contributed by atoms with E-state index in [0.29, 0.717) is 71.6 Å². The average Bonchev–Trinajstić information content (AvgIpc) is 2.73. The zero-order valence-corrected chi connectivity index (χ0v) is 16.7. The number of ether oxygens (including phenoxy) is 6. The lowest BCUT2D eigenvalue weighted by atomic mass is 10.2. The van der Waals surface area contributed by atoms with Crippen LogP contribution in [0.2, 0.25) is 0 Å². The van der Waals surface area contributed by atoms with Gasteiger partial charge in [-0.25, -0.2) is 4.79 Å². The number of hydrogen-bond donors (Lipinski definition) is 1. The number of carbonyl (C=O) groups excluding carboxylic acids is 1. The number of hydrogen-bond acceptors (Lipinski definition) is 8. The lowest BCUT2D eigenvalue weighted by molar-refractivity contribution is -0.0149. The molecule has 160 valence electrons. The largest absolute Gasteiger partial charge is 0.460 e. The third-order valence-electron chi connectivity index (χ3n) is 3.45. The SMILES string of the molecule is CNCCOCCOCCOCCOCCOCCOC(=O)c1ccccc1. The molecule has 1 aromatic carbocycles. The Morgan fingerprint density at radius 1 is 0.679 bits per heavy atom. The Morgan fingerprint density at radius 3 is 1.57 bits per heavy atom. The molecule has 0 heterocycles. The number of likely N-dealkylation sites (N-methyl/N-ethyl adjacent to an activating group) is 1. The van der Waals surface area contributed by atoms with Crippen LogP contribution >= 0.6 is 0 Å². The first-order chi connectivity index (χ1) is 13.8. The highest BCUT2D eigenvalue weighted by atomic mass is 16.6. The molecule has 0 saturated heterocycles. The van der Waals surface area contributed by atoms with Crippen LogP contribution in [0.25, 0.3) is 0 Å². The van der Waals surface area contributed by atoms with Crippen molar-refractivity contribution in [1.82, 2.24) is 5.32 Å². The van der Waals surface area contributed by atoms with Crippen LogP contribution in [0.4, 0.5) is 0 Å². The zero-order chi connectivity index (χ0) is 20.1. The molecule has 0 bridgehead atoms. The van der Waals surface area contributed by atoms with Gasteiger partial charge in [-0.05, 0) is 19.2 Å². The maximum Gasteiger partial charge on any atom is 0.338 e. The van der Waals surface area contributed by atoms with E-state index in [0.717, 1.165) is 6.54 Å². The van der Waals surface area contributed by atoms with Gasteiger partial charge in [0.15, 0.2) is 0 Å². The Balaban J connectivity index is 1.74. The number of esters is 1. The van der Waals surface area contributed by atoms with Gasteiger partial charge < -0.3 is 33.7 Å². The highest BCUT2D eigenvalue weighted by molar-refractivity contribution is 5.89. The first-order valence-corrected chi connectivity index (χ1v) is 9.60. The third-order valence-corrected chi connectivity index (χ3v) is 3.45. The fraction of sp³-hybridized carbons (Fsp3) is 0.650. The fourth-order valence-corrected chi connectivity index (χ4v) is 2.01. The second-order valence-electron chi connectivity index (χ2n) is 5.67. The number of nitrogens with one attached hydrogen (secondary N) is 1. The zero-order valence-electron chi connectivity index (χ0n) is 16.7. The summed E-state index contributed by atoms with van der Waals surface area (Å²) in [7, 11) is 1.89. The molecule has 1 rings (SSSR count). The summed E-state index contributed by atoms with van der Waals surface area (Å²) < 4.78 is 31.9. The van der Waals surface area contributed by atoms with E-state index in [2.05, 4.69) is 5.32 Å². The summed E-state index contributed by atoms with van der Waals surface area (Å²) in [4.78, 5) is 11.7. The van der Waals surface area contributed by atoms with E-state index in [4.69, 9.17) is 28.4 Å². The molecule has 0 radical (unpaired) electrons. The van der Waals surface area contributed by atoms with Crippen LogP contribution in [0.3, 0.4) is 0 Å². The van der Waals surface area contributed by atoms with Gasteiger partial charge in [0.25, 0.3) is 0 Å². The number of carbonyl (C=O) groups is 1. The lowest BCUT2D eigenvalue weighted by Gasteiger charge is -2.08. The highest BCUT2D eigenvalue weighted by Gasteiger charge is 2.04. The molecule has 8 nitrogen and oxygen atoms in total. The smallest absolute Gasteiger partial charge is 0.338 e. The molecule has 0 fully saturated rings. The van der Waals surface area contributed by atoms with Crippen LogP contribution in [-0.2, 0) is 28.4 Å². The predicted octanol–water partition coefficient (Wildman–Crippen LogP) is 1.15. The molecule has 1 N–H and O–H groups in total. The van der Waals surface area contributed by atoms with Gasteiger partial charge >= 0.3 is 5.97 Å². The minimum atomic E-state index is -0.345. The van der Waals surface area contributed by atoms with Crippen LogP contribution in [0.15, 0.2) is 30.3 Å². The summed E-state index contributed by atoms with van der Waals surface area (Å²) in [6, 6.07) is 8.87. The monoisotopic (exact) mass is 399 g/mol. The summed E-state index contributed by atoms with van der Waals surface area (Å²) in [6.45, 7) is 6.26.